The lowest BCUT2D eigenvalue weighted by atomic mass is 12.0. The molecule has 0 unspecified atom stereocenters. The Morgan fingerprint density at radius 3 is 1.29 bits per heavy atom. The number of hydrogen-bond donors (Lipinski definition) is 3. The summed E-state index contributed by atoms with van der Waals surface area (Å²) in [5.74, 6) is 2.83. The molecule has 0 atom stereocenters. The van der Waals surface area contributed by atoms with E-state index in [9.17, 15) is 0 Å². The van der Waals surface area contributed by atoms with Crippen molar-refractivity contribution in [2.75, 3.05) is 0 Å². The molecule has 0 spiro atoms. The van der Waals surface area contributed by atoms with Gasteiger partial charge in [0.2, 0.25) is 0 Å². The van der Waals surface area contributed by atoms with Gasteiger partial charge in [-0.05, 0) is 5.87 Å². The summed E-state index contributed by atoms with van der Waals surface area (Å²) in [7, 11) is -4.64. The maximum absolute atomic E-state index is 8.88. The largest absolute Gasteiger partial charge is 0.466 e. The summed E-state index contributed by atoms with van der Waals surface area (Å²) in [4.78, 5) is 21.6. The first kappa shape index (κ1) is 10.2. The number of phosphoric acid groups is 1. The molecule has 0 heterocycles. The van der Waals surface area contributed by atoms with Crippen molar-refractivity contribution in [2.45, 2.75) is 0 Å². The van der Waals surface area contributed by atoms with Crippen molar-refractivity contribution in [3.63, 3.8) is 0 Å². The Morgan fingerprint density at radius 2 is 1.29 bits per heavy atom. The maximum Gasteiger partial charge on any atom is 0.466 e. The van der Waals surface area contributed by atoms with Crippen LogP contribution in [0.25, 0.3) is 0 Å². The van der Waals surface area contributed by atoms with Crippen LogP contribution >= 0.6 is 20.0 Å². The van der Waals surface area contributed by atoms with Crippen LogP contribution in [0.3, 0.4) is 0 Å². The van der Waals surface area contributed by atoms with Gasteiger partial charge in [0, 0.05) is 0 Å². The first-order chi connectivity index (χ1) is 3.00. The van der Waals surface area contributed by atoms with Crippen LogP contribution in [0.15, 0.2) is 0 Å². The van der Waals surface area contributed by atoms with E-state index in [0.29, 0.717) is 0 Å². The average Bonchev–Trinajstić information content (AvgIpc) is 1.36. The molecule has 3 N–H and O–H groups in total. The molecule has 0 aromatic carbocycles. The van der Waals surface area contributed by atoms with Gasteiger partial charge in [-0.3, -0.25) is 0 Å². The highest BCUT2D eigenvalue weighted by Crippen LogP contribution is 2.25. The SMILES string of the molecule is C=S.O=P(O)(O)O. The second-order valence-electron chi connectivity index (χ2n) is 0.513. The van der Waals surface area contributed by atoms with Crippen LogP contribution in [0.5, 0.6) is 0 Å². The highest BCUT2D eigenvalue weighted by atomic mass is 32.1. The third-order valence-electron chi connectivity index (χ3n) is 0. The van der Waals surface area contributed by atoms with Crippen molar-refractivity contribution in [1.82, 2.24) is 0 Å². The van der Waals surface area contributed by atoms with E-state index in [4.69, 9.17) is 19.2 Å². The minimum atomic E-state index is -4.64. The molecule has 4 nitrogen and oxygen atoms in total. The smallest absolute Gasteiger partial charge is 0.303 e. The molecule has 6 heteroatoms. The standard InChI is InChI=1S/CH2S.H3O4P/c1-2;1-5(2,3)4/h1H2;(H3,1,2,3,4). The van der Waals surface area contributed by atoms with E-state index >= 15 is 0 Å². The fourth-order valence-corrected chi connectivity index (χ4v) is 0. The Balaban J connectivity index is 0. The van der Waals surface area contributed by atoms with Crippen LogP contribution < -0.4 is 0 Å². The van der Waals surface area contributed by atoms with Crippen LogP contribution in [-0.2, 0) is 4.57 Å². The molecule has 0 saturated heterocycles. The Kier molecular flexibility index (Phi) is 6.38. The van der Waals surface area contributed by atoms with Crippen LogP contribution in [-0.4, -0.2) is 20.6 Å². The lowest BCUT2D eigenvalue weighted by Crippen LogP contribution is -1.66. The monoisotopic (exact) mass is 144 g/mol. The predicted octanol–water partition coefficient (Wildman–Crippen LogP) is -0.313. The zero-order chi connectivity index (χ0) is 6.50. The fourth-order valence-electron chi connectivity index (χ4n) is 0. The van der Waals surface area contributed by atoms with Crippen molar-refractivity contribution in [2.24, 2.45) is 0 Å². The molecular weight excluding hydrogens is 139 g/mol. The van der Waals surface area contributed by atoms with Crippen molar-refractivity contribution in [3.05, 3.63) is 0 Å². The molecule has 0 saturated carbocycles. The molecule has 0 aliphatic carbocycles. The summed E-state index contributed by atoms with van der Waals surface area (Å²) < 4.78 is 8.88. The molecule has 0 amide bonds. The van der Waals surface area contributed by atoms with Gasteiger partial charge in [0.15, 0.2) is 0 Å². The van der Waals surface area contributed by atoms with Crippen LogP contribution in [0.1, 0.15) is 0 Å². The van der Waals surface area contributed by atoms with E-state index in [-0.39, 0.29) is 0 Å². The minimum Gasteiger partial charge on any atom is -0.303 e. The molecule has 0 aliphatic rings. The molecule has 44 valence electrons. The van der Waals surface area contributed by atoms with E-state index in [1.54, 1.807) is 0 Å². The van der Waals surface area contributed by atoms with E-state index < -0.39 is 7.82 Å². The van der Waals surface area contributed by atoms with Gasteiger partial charge in [-0.1, -0.05) is 12.2 Å². The quantitative estimate of drug-likeness (QED) is 0.321. The third kappa shape index (κ3) is 2730. The number of thiocarbonyl (C=S) groups is 1. The van der Waals surface area contributed by atoms with E-state index in [0.717, 1.165) is 0 Å². The highest BCUT2D eigenvalue weighted by Gasteiger charge is 2.00. The van der Waals surface area contributed by atoms with Gasteiger partial charge < -0.3 is 14.7 Å². The summed E-state index contributed by atoms with van der Waals surface area (Å²) in [6.07, 6.45) is 0. The molecule has 0 bridgehead atoms. The van der Waals surface area contributed by atoms with Gasteiger partial charge >= 0.3 is 7.82 Å². The molecule has 0 aliphatic heterocycles. The van der Waals surface area contributed by atoms with E-state index in [2.05, 4.69) is 18.1 Å². The third-order valence-corrected chi connectivity index (χ3v) is 0. The van der Waals surface area contributed by atoms with Crippen molar-refractivity contribution >= 4 is 25.9 Å². The van der Waals surface area contributed by atoms with Gasteiger partial charge in [0.05, 0.1) is 0 Å². The molecule has 0 rings (SSSR count). The highest BCUT2D eigenvalue weighted by molar-refractivity contribution is 7.77. The lowest BCUT2D eigenvalue weighted by Gasteiger charge is -1.82. The van der Waals surface area contributed by atoms with Crippen LogP contribution in [0, 0.1) is 0 Å². The minimum absolute atomic E-state index is 2.83. The van der Waals surface area contributed by atoms with Crippen LogP contribution in [0.4, 0.5) is 0 Å². The summed E-state index contributed by atoms with van der Waals surface area (Å²) in [5, 5.41) is 0. The zero-order valence-electron chi connectivity index (χ0n) is 3.31. The van der Waals surface area contributed by atoms with Gasteiger partial charge in [-0.2, -0.15) is 0 Å². The van der Waals surface area contributed by atoms with E-state index in [1.807, 2.05) is 0 Å². The summed E-state index contributed by atoms with van der Waals surface area (Å²) in [5.41, 5.74) is 0. The molecule has 0 fully saturated rings. The summed E-state index contributed by atoms with van der Waals surface area (Å²) in [6.45, 7) is 0. The lowest BCUT2D eigenvalue weighted by molar-refractivity contribution is 0.275. The fraction of sp³-hybridized carbons (Fsp3) is 0. The van der Waals surface area contributed by atoms with Gasteiger partial charge in [0.1, 0.15) is 0 Å². The molecule has 0 aromatic rings. The second-order valence-corrected chi connectivity index (χ2v) is 1.54. The molecule has 7 heavy (non-hydrogen) atoms. The Labute approximate surface area is 46.0 Å². The normalized spacial score (nSPS) is 9.00. The predicted molar refractivity (Wildman–Crippen MR) is 29.0 cm³/mol. The van der Waals surface area contributed by atoms with Crippen molar-refractivity contribution in [1.29, 1.82) is 0 Å². The van der Waals surface area contributed by atoms with Gasteiger partial charge in [-0.15, -0.1) is 0 Å². The van der Waals surface area contributed by atoms with Crippen molar-refractivity contribution < 1.29 is 19.2 Å². The summed E-state index contributed by atoms with van der Waals surface area (Å²) in [6, 6.07) is 0. The van der Waals surface area contributed by atoms with Crippen LogP contribution in [0.2, 0.25) is 0 Å². The Hall–Kier alpha value is 0.200. The van der Waals surface area contributed by atoms with Gasteiger partial charge in [-0.25, -0.2) is 4.57 Å². The maximum atomic E-state index is 8.88. The Bertz CT molecular complexity index is 67.5. The first-order valence-corrected chi connectivity index (χ1v) is 3.21. The number of hydrogen-bond acceptors (Lipinski definition) is 2. The summed E-state index contributed by atoms with van der Waals surface area (Å²) >= 11 is 3.83. The first-order valence-electron chi connectivity index (χ1n) is 1.07. The topological polar surface area (TPSA) is 77.8 Å². The average molecular weight is 144 g/mol. The second kappa shape index (κ2) is 4.36. The Morgan fingerprint density at radius 1 is 1.29 bits per heavy atom. The molecular formula is CH5O4PS. The molecule has 0 aromatic heterocycles. The zero-order valence-corrected chi connectivity index (χ0v) is 5.02. The van der Waals surface area contributed by atoms with Crippen molar-refractivity contribution in [3.8, 4) is 0 Å². The number of rotatable bonds is 0. The van der Waals surface area contributed by atoms with E-state index in [1.165, 1.54) is 0 Å². The van der Waals surface area contributed by atoms with Gasteiger partial charge in [0.25, 0.3) is 0 Å². The molecule has 0 radical (unpaired) electrons.